The topological polar surface area (TPSA) is 86.7 Å². The van der Waals surface area contributed by atoms with Gasteiger partial charge in [-0.15, -0.1) is 0 Å². The van der Waals surface area contributed by atoms with Crippen molar-refractivity contribution in [2.24, 2.45) is 0 Å². The molecule has 2 N–H and O–H groups in total. The molecule has 198 valence electrons. The third kappa shape index (κ3) is 8.29. The standard InChI is InChI=1S/C26H26ClF3N2O4S/c27-22-12-14-23(15-13-22)37(35,36)32(16-4-7-19-5-2-1-3-6-19)18-20-8-10-21(11-9-20)25(34)31-17-24(33)26(28,29)30/h1-3,5-6,8-15,24,33H,4,7,16-18H2,(H,31,34)/t24-/m0/s1. The van der Waals surface area contributed by atoms with Crippen molar-refractivity contribution in [3.8, 4) is 0 Å². The molecule has 3 aromatic carbocycles. The number of hydrogen-bond acceptors (Lipinski definition) is 4. The zero-order valence-corrected chi connectivity index (χ0v) is 21.2. The summed E-state index contributed by atoms with van der Waals surface area (Å²) in [5, 5.41) is 11.5. The van der Waals surface area contributed by atoms with E-state index in [-0.39, 0.29) is 23.5 Å². The van der Waals surface area contributed by atoms with Gasteiger partial charge in [-0.1, -0.05) is 54.1 Å². The van der Waals surface area contributed by atoms with E-state index in [2.05, 4.69) is 0 Å². The van der Waals surface area contributed by atoms with Crippen molar-refractivity contribution in [2.75, 3.05) is 13.1 Å². The van der Waals surface area contributed by atoms with E-state index in [1.165, 1.54) is 52.8 Å². The summed E-state index contributed by atoms with van der Waals surface area (Å²) in [6.07, 6.45) is -6.26. The fraction of sp³-hybridized carbons (Fsp3) is 0.269. The summed E-state index contributed by atoms with van der Waals surface area (Å²) in [7, 11) is -3.87. The predicted molar refractivity (Wildman–Crippen MR) is 135 cm³/mol. The van der Waals surface area contributed by atoms with Gasteiger partial charge in [-0.2, -0.15) is 17.5 Å². The third-order valence-electron chi connectivity index (χ3n) is 5.58. The Labute approximate surface area is 218 Å². The molecule has 0 aliphatic rings. The molecule has 1 amide bonds. The smallest absolute Gasteiger partial charge is 0.382 e. The van der Waals surface area contributed by atoms with Gasteiger partial charge < -0.3 is 10.4 Å². The van der Waals surface area contributed by atoms with Gasteiger partial charge in [0.25, 0.3) is 5.91 Å². The minimum atomic E-state index is -4.84. The number of alkyl halides is 3. The number of nitrogens with zero attached hydrogens (tertiary/aromatic N) is 1. The van der Waals surface area contributed by atoms with Crippen LogP contribution >= 0.6 is 11.6 Å². The van der Waals surface area contributed by atoms with Gasteiger partial charge in [0.1, 0.15) is 0 Å². The van der Waals surface area contributed by atoms with E-state index in [1.54, 1.807) is 0 Å². The van der Waals surface area contributed by atoms with Gasteiger partial charge in [-0.3, -0.25) is 4.79 Å². The quantitative estimate of drug-likeness (QED) is 0.356. The highest BCUT2D eigenvalue weighted by molar-refractivity contribution is 7.89. The molecule has 0 aliphatic carbocycles. The molecular formula is C26H26ClF3N2O4S. The molecule has 6 nitrogen and oxygen atoms in total. The van der Waals surface area contributed by atoms with E-state index in [4.69, 9.17) is 16.7 Å². The number of amides is 1. The zero-order chi connectivity index (χ0) is 27.1. The maximum absolute atomic E-state index is 13.4. The van der Waals surface area contributed by atoms with Crippen molar-refractivity contribution in [1.29, 1.82) is 0 Å². The number of aryl methyl sites for hydroxylation is 1. The van der Waals surface area contributed by atoms with Gasteiger partial charge >= 0.3 is 6.18 Å². The van der Waals surface area contributed by atoms with Gasteiger partial charge in [0.05, 0.1) is 11.4 Å². The SMILES string of the molecule is O=C(NC[C@H](O)C(F)(F)F)c1ccc(CN(CCCc2ccccc2)S(=O)(=O)c2ccc(Cl)cc2)cc1. The van der Waals surface area contributed by atoms with Crippen LogP contribution in [0.3, 0.4) is 0 Å². The number of sulfonamides is 1. The summed E-state index contributed by atoms with van der Waals surface area (Å²) < 4.78 is 65.5. The fourth-order valence-electron chi connectivity index (χ4n) is 3.52. The van der Waals surface area contributed by atoms with E-state index < -0.39 is 34.8 Å². The largest absolute Gasteiger partial charge is 0.416 e. The van der Waals surface area contributed by atoms with Crippen LogP contribution in [0.5, 0.6) is 0 Å². The Balaban J connectivity index is 1.72. The minimum absolute atomic E-state index is 0.0223. The van der Waals surface area contributed by atoms with Crippen LogP contribution in [-0.2, 0) is 23.0 Å². The van der Waals surface area contributed by atoms with Crippen LogP contribution < -0.4 is 5.32 Å². The minimum Gasteiger partial charge on any atom is -0.382 e. The number of hydrogen-bond donors (Lipinski definition) is 2. The van der Waals surface area contributed by atoms with Crippen LogP contribution in [0.1, 0.15) is 27.9 Å². The summed E-state index contributed by atoms with van der Waals surface area (Å²) in [4.78, 5) is 12.2. The monoisotopic (exact) mass is 554 g/mol. The summed E-state index contributed by atoms with van der Waals surface area (Å²) in [5.74, 6) is -0.789. The third-order valence-corrected chi connectivity index (χ3v) is 7.69. The van der Waals surface area contributed by atoms with Crippen LogP contribution in [0, 0.1) is 0 Å². The van der Waals surface area contributed by atoms with E-state index >= 15 is 0 Å². The van der Waals surface area contributed by atoms with Crippen molar-refractivity contribution in [1.82, 2.24) is 9.62 Å². The first-order valence-corrected chi connectivity index (χ1v) is 13.2. The first kappa shape index (κ1) is 28.6. The molecule has 0 saturated heterocycles. The average Bonchev–Trinajstić information content (AvgIpc) is 2.87. The Hall–Kier alpha value is -2.92. The Morgan fingerprint density at radius 3 is 2.16 bits per heavy atom. The highest BCUT2D eigenvalue weighted by Crippen LogP contribution is 2.22. The van der Waals surface area contributed by atoms with Crippen molar-refractivity contribution in [3.63, 3.8) is 0 Å². The highest BCUT2D eigenvalue weighted by atomic mass is 35.5. The lowest BCUT2D eigenvalue weighted by molar-refractivity contribution is -0.201. The molecule has 0 bridgehead atoms. The maximum atomic E-state index is 13.4. The van der Waals surface area contributed by atoms with Crippen LogP contribution in [0.25, 0.3) is 0 Å². The number of benzene rings is 3. The second-order valence-corrected chi connectivity index (χ2v) is 10.7. The van der Waals surface area contributed by atoms with Gasteiger partial charge in [-0.25, -0.2) is 8.42 Å². The lowest BCUT2D eigenvalue weighted by Gasteiger charge is -2.23. The molecule has 0 heterocycles. The highest BCUT2D eigenvalue weighted by Gasteiger charge is 2.38. The molecule has 3 rings (SSSR count). The second-order valence-electron chi connectivity index (χ2n) is 8.35. The number of rotatable bonds is 11. The maximum Gasteiger partial charge on any atom is 0.416 e. The van der Waals surface area contributed by atoms with Crippen LogP contribution in [0.2, 0.25) is 5.02 Å². The van der Waals surface area contributed by atoms with Gasteiger partial charge in [0.15, 0.2) is 6.10 Å². The van der Waals surface area contributed by atoms with E-state index in [1.807, 2.05) is 35.6 Å². The molecule has 1 atom stereocenters. The van der Waals surface area contributed by atoms with E-state index in [9.17, 15) is 26.4 Å². The second kappa shape index (κ2) is 12.6. The number of carbonyl (C=O) groups is 1. The Morgan fingerprint density at radius 1 is 0.946 bits per heavy atom. The molecule has 0 unspecified atom stereocenters. The lowest BCUT2D eigenvalue weighted by atomic mass is 10.1. The fourth-order valence-corrected chi connectivity index (χ4v) is 5.11. The molecule has 0 aromatic heterocycles. The first-order chi connectivity index (χ1) is 17.5. The number of halogens is 4. The zero-order valence-electron chi connectivity index (χ0n) is 19.7. The molecule has 3 aromatic rings. The van der Waals surface area contributed by atoms with Crippen LogP contribution in [0.15, 0.2) is 83.8 Å². The Morgan fingerprint density at radius 2 is 1.57 bits per heavy atom. The van der Waals surface area contributed by atoms with Gasteiger partial charge in [0.2, 0.25) is 10.0 Å². The molecule has 0 spiro atoms. The summed E-state index contributed by atoms with van der Waals surface area (Å²) in [6, 6.07) is 21.4. The van der Waals surface area contributed by atoms with Crippen molar-refractivity contribution >= 4 is 27.5 Å². The van der Waals surface area contributed by atoms with Crippen LogP contribution in [0.4, 0.5) is 13.2 Å². The molecule has 11 heteroatoms. The normalized spacial score (nSPS) is 12.9. The molecule has 0 aliphatic heterocycles. The summed E-state index contributed by atoms with van der Waals surface area (Å²) >= 11 is 5.91. The molecule has 0 radical (unpaired) electrons. The van der Waals surface area contributed by atoms with Gasteiger partial charge in [0, 0.05) is 23.7 Å². The number of aliphatic hydroxyl groups is 1. The number of carbonyl (C=O) groups excluding carboxylic acids is 1. The average molecular weight is 555 g/mol. The number of aliphatic hydroxyl groups excluding tert-OH is 1. The van der Waals surface area contributed by atoms with Crippen molar-refractivity contribution in [2.45, 2.75) is 36.6 Å². The van der Waals surface area contributed by atoms with Crippen LogP contribution in [-0.4, -0.2) is 49.1 Å². The molecule has 0 fully saturated rings. The lowest BCUT2D eigenvalue weighted by Crippen LogP contribution is -2.40. The Kier molecular flexibility index (Phi) is 9.72. The molecular weight excluding hydrogens is 529 g/mol. The van der Waals surface area contributed by atoms with Gasteiger partial charge in [-0.05, 0) is 60.4 Å². The predicted octanol–water partition coefficient (Wildman–Crippen LogP) is 4.82. The van der Waals surface area contributed by atoms with E-state index in [0.29, 0.717) is 23.4 Å². The summed E-state index contributed by atoms with van der Waals surface area (Å²) in [5.41, 5.74) is 1.75. The Bertz CT molecular complexity index is 1270. The van der Waals surface area contributed by atoms with E-state index in [0.717, 1.165) is 5.56 Å². The number of nitrogens with one attached hydrogen (secondary N) is 1. The molecule has 37 heavy (non-hydrogen) atoms. The van der Waals surface area contributed by atoms with Crippen molar-refractivity contribution < 1.29 is 31.5 Å². The van der Waals surface area contributed by atoms with Crippen molar-refractivity contribution in [3.05, 3.63) is 101 Å². The first-order valence-electron chi connectivity index (χ1n) is 11.4. The summed E-state index contributed by atoms with van der Waals surface area (Å²) in [6.45, 7) is -0.718. The molecule has 0 saturated carbocycles.